The Morgan fingerprint density at radius 1 is 1.33 bits per heavy atom. The molecular weight excluding hydrogens is 290 g/mol. The van der Waals surface area contributed by atoms with Crippen molar-refractivity contribution >= 4 is 10.0 Å². The van der Waals surface area contributed by atoms with E-state index in [0.29, 0.717) is 18.3 Å². The highest BCUT2D eigenvalue weighted by Gasteiger charge is 2.16. The van der Waals surface area contributed by atoms with E-state index < -0.39 is 10.0 Å². The standard InChI is InChI=1S/C13H19N5O2S/c1-10(2)15-6-12-5-13(8-16-12)21(19,20)18-7-11-3-4-14-9-17-11/h3-5,8-10,15-16,18H,6-7H2,1-2H3. The third-order valence-corrected chi connectivity index (χ3v) is 4.19. The van der Waals surface area contributed by atoms with Gasteiger partial charge >= 0.3 is 0 Å². The number of nitrogens with one attached hydrogen (secondary N) is 3. The zero-order chi connectivity index (χ0) is 15.3. The van der Waals surface area contributed by atoms with Gasteiger partial charge in [-0.1, -0.05) is 13.8 Å². The molecule has 0 saturated carbocycles. The molecule has 0 aliphatic heterocycles. The van der Waals surface area contributed by atoms with E-state index in [1.54, 1.807) is 18.3 Å². The molecule has 2 aromatic rings. The molecule has 3 N–H and O–H groups in total. The van der Waals surface area contributed by atoms with Crippen LogP contribution in [0.15, 0.2) is 35.7 Å². The molecule has 0 saturated heterocycles. The maximum Gasteiger partial charge on any atom is 0.242 e. The highest BCUT2D eigenvalue weighted by atomic mass is 32.2. The number of rotatable bonds is 7. The van der Waals surface area contributed by atoms with Crippen LogP contribution in [0.3, 0.4) is 0 Å². The molecule has 2 aromatic heterocycles. The number of aromatic nitrogens is 3. The van der Waals surface area contributed by atoms with Gasteiger partial charge in [-0.2, -0.15) is 0 Å². The summed E-state index contributed by atoms with van der Waals surface area (Å²) >= 11 is 0. The molecule has 21 heavy (non-hydrogen) atoms. The van der Waals surface area contributed by atoms with Gasteiger partial charge in [0.05, 0.1) is 17.1 Å². The molecule has 0 spiro atoms. The fourth-order valence-electron chi connectivity index (χ4n) is 1.67. The summed E-state index contributed by atoms with van der Waals surface area (Å²) < 4.78 is 26.8. The van der Waals surface area contributed by atoms with E-state index in [1.165, 1.54) is 12.5 Å². The number of hydrogen-bond donors (Lipinski definition) is 3. The van der Waals surface area contributed by atoms with Crippen molar-refractivity contribution in [3.63, 3.8) is 0 Å². The second-order valence-corrected chi connectivity index (χ2v) is 6.69. The van der Waals surface area contributed by atoms with Crippen LogP contribution in [-0.2, 0) is 23.1 Å². The van der Waals surface area contributed by atoms with Gasteiger partial charge in [0.1, 0.15) is 6.33 Å². The Morgan fingerprint density at radius 2 is 2.14 bits per heavy atom. The Hall–Kier alpha value is -1.77. The quantitative estimate of drug-likeness (QED) is 0.702. The second kappa shape index (κ2) is 6.79. The van der Waals surface area contributed by atoms with Crippen LogP contribution in [-0.4, -0.2) is 29.4 Å². The molecule has 0 bridgehead atoms. The van der Waals surface area contributed by atoms with E-state index in [2.05, 4.69) is 25.0 Å². The molecule has 2 heterocycles. The lowest BCUT2D eigenvalue weighted by molar-refractivity contribution is 0.579. The fraction of sp³-hybridized carbons (Fsp3) is 0.385. The van der Waals surface area contributed by atoms with E-state index >= 15 is 0 Å². The molecule has 0 radical (unpaired) electrons. The van der Waals surface area contributed by atoms with Crippen molar-refractivity contribution < 1.29 is 8.42 Å². The van der Waals surface area contributed by atoms with Crippen molar-refractivity contribution in [1.29, 1.82) is 0 Å². The lowest BCUT2D eigenvalue weighted by atomic mass is 10.3. The van der Waals surface area contributed by atoms with Crippen LogP contribution in [0.1, 0.15) is 25.2 Å². The smallest absolute Gasteiger partial charge is 0.242 e. The topological polar surface area (TPSA) is 99.8 Å². The van der Waals surface area contributed by atoms with Gasteiger partial charge in [-0.3, -0.25) is 0 Å². The van der Waals surface area contributed by atoms with Crippen LogP contribution in [0.25, 0.3) is 0 Å². The third-order valence-electron chi connectivity index (χ3n) is 2.81. The Kier molecular flexibility index (Phi) is 5.05. The van der Waals surface area contributed by atoms with Crippen LogP contribution < -0.4 is 10.0 Å². The Morgan fingerprint density at radius 3 is 2.81 bits per heavy atom. The van der Waals surface area contributed by atoms with Gasteiger partial charge in [-0.25, -0.2) is 23.1 Å². The zero-order valence-corrected chi connectivity index (χ0v) is 12.8. The summed E-state index contributed by atoms with van der Waals surface area (Å²) in [4.78, 5) is 10.9. The van der Waals surface area contributed by atoms with Gasteiger partial charge in [0.25, 0.3) is 0 Å². The molecule has 8 heteroatoms. The SMILES string of the molecule is CC(C)NCc1cc(S(=O)(=O)NCc2ccncn2)c[nH]1. The first-order valence-corrected chi connectivity index (χ1v) is 8.11. The van der Waals surface area contributed by atoms with Crippen LogP contribution in [0, 0.1) is 0 Å². The molecular formula is C13H19N5O2S. The molecule has 0 aliphatic rings. The predicted molar refractivity (Wildman–Crippen MR) is 78.8 cm³/mol. The van der Waals surface area contributed by atoms with Crippen LogP contribution in [0.5, 0.6) is 0 Å². The van der Waals surface area contributed by atoms with Crippen LogP contribution in [0.4, 0.5) is 0 Å². The van der Waals surface area contributed by atoms with Crippen molar-refractivity contribution in [2.75, 3.05) is 0 Å². The maximum absolute atomic E-state index is 12.2. The minimum atomic E-state index is -3.55. The minimum absolute atomic E-state index is 0.135. The molecule has 7 nitrogen and oxygen atoms in total. The second-order valence-electron chi connectivity index (χ2n) is 4.92. The van der Waals surface area contributed by atoms with Crippen molar-refractivity contribution in [3.05, 3.63) is 42.2 Å². The van der Waals surface area contributed by atoms with Gasteiger partial charge in [-0.05, 0) is 12.1 Å². The van der Waals surface area contributed by atoms with Gasteiger partial charge in [-0.15, -0.1) is 0 Å². The van der Waals surface area contributed by atoms with Crippen molar-refractivity contribution in [2.24, 2.45) is 0 Å². The highest BCUT2D eigenvalue weighted by molar-refractivity contribution is 7.89. The highest BCUT2D eigenvalue weighted by Crippen LogP contribution is 2.11. The predicted octanol–water partition coefficient (Wildman–Crippen LogP) is 0.781. The van der Waals surface area contributed by atoms with Crippen molar-refractivity contribution in [3.8, 4) is 0 Å². The molecule has 0 unspecified atom stereocenters. The largest absolute Gasteiger partial charge is 0.363 e. The molecule has 0 aromatic carbocycles. The first-order chi connectivity index (χ1) is 9.97. The van der Waals surface area contributed by atoms with E-state index in [4.69, 9.17) is 0 Å². The lowest BCUT2D eigenvalue weighted by Gasteiger charge is -2.05. The first kappa shape index (κ1) is 15.6. The fourth-order valence-corrected chi connectivity index (χ4v) is 2.68. The number of H-pyrrole nitrogens is 1. The van der Waals surface area contributed by atoms with Gasteiger partial charge in [0.15, 0.2) is 0 Å². The molecule has 0 atom stereocenters. The molecule has 114 valence electrons. The van der Waals surface area contributed by atoms with E-state index in [0.717, 1.165) is 5.69 Å². The zero-order valence-electron chi connectivity index (χ0n) is 12.0. The van der Waals surface area contributed by atoms with Crippen molar-refractivity contribution in [2.45, 2.75) is 37.9 Å². The van der Waals surface area contributed by atoms with Gasteiger partial charge in [0, 0.05) is 30.7 Å². The van der Waals surface area contributed by atoms with Gasteiger partial charge in [0.2, 0.25) is 10.0 Å². The number of hydrogen-bond acceptors (Lipinski definition) is 5. The van der Waals surface area contributed by atoms with E-state index in [9.17, 15) is 8.42 Å². The third kappa shape index (κ3) is 4.62. The van der Waals surface area contributed by atoms with E-state index in [1.807, 2.05) is 13.8 Å². The number of nitrogens with zero attached hydrogens (tertiary/aromatic N) is 2. The number of sulfonamides is 1. The molecule has 0 amide bonds. The monoisotopic (exact) mass is 309 g/mol. The van der Waals surface area contributed by atoms with Crippen LogP contribution >= 0.6 is 0 Å². The molecule has 2 rings (SSSR count). The molecule has 0 fully saturated rings. The summed E-state index contributed by atoms with van der Waals surface area (Å²) in [6.07, 6.45) is 4.44. The minimum Gasteiger partial charge on any atom is -0.363 e. The summed E-state index contributed by atoms with van der Waals surface area (Å²) in [5.41, 5.74) is 1.44. The summed E-state index contributed by atoms with van der Waals surface area (Å²) in [7, 11) is -3.55. The maximum atomic E-state index is 12.2. The summed E-state index contributed by atoms with van der Waals surface area (Å²) in [6, 6.07) is 3.62. The molecule has 0 aliphatic carbocycles. The summed E-state index contributed by atoms with van der Waals surface area (Å²) in [6.45, 7) is 4.79. The van der Waals surface area contributed by atoms with E-state index in [-0.39, 0.29) is 11.4 Å². The average molecular weight is 309 g/mol. The summed E-state index contributed by atoms with van der Waals surface area (Å²) in [5.74, 6) is 0. The summed E-state index contributed by atoms with van der Waals surface area (Å²) in [5, 5.41) is 3.22. The normalized spacial score (nSPS) is 12.0. The van der Waals surface area contributed by atoms with Gasteiger partial charge < -0.3 is 10.3 Å². The Balaban J connectivity index is 1.99. The van der Waals surface area contributed by atoms with Crippen molar-refractivity contribution in [1.82, 2.24) is 25.0 Å². The average Bonchev–Trinajstić information content (AvgIpc) is 2.94. The first-order valence-electron chi connectivity index (χ1n) is 6.62. The Bertz CT molecular complexity index is 667. The van der Waals surface area contributed by atoms with Crippen LogP contribution in [0.2, 0.25) is 0 Å². The number of aromatic amines is 1. The Labute approximate surface area is 124 Å². The lowest BCUT2D eigenvalue weighted by Crippen LogP contribution is -2.23.